The number of rotatable bonds is 10. The summed E-state index contributed by atoms with van der Waals surface area (Å²) < 4.78 is 0. The summed E-state index contributed by atoms with van der Waals surface area (Å²) in [4.78, 5) is 6.84. The minimum atomic E-state index is 0. The first kappa shape index (κ1) is 22.2. The highest BCUT2D eigenvalue weighted by Crippen LogP contribution is 2.47. The molecule has 0 aliphatic heterocycles. The fourth-order valence-electron chi connectivity index (χ4n) is 3.19. The molecule has 1 fully saturated rings. The average molecular weight is 458 g/mol. The van der Waals surface area contributed by atoms with Crippen LogP contribution < -0.4 is 10.6 Å². The number of nitrogens with one attached hydrogen (secondary N) is 2. The molecular weight excluding hydrogens is 423 g/mol. The van der Waals surface area contributed by atoms with Crippen LogP contribution in [0, 0.1) is 0 Å². The van der Waals surface area contributed by atoms with Gasteiger partial charge in [0.05, 0.1) is 0 Å². The molecule has 0 bridgehead atoms. The van der Waals surface area contributed by atoms with Gasteiger partial charge in [-0.1, -0.05) is 44.2 Å². The molecule has 0 amide bonds. The molecule has 1 aliphatic rings. The normalized spacial score (nSPS) is 15.6. The largest absolute Gasteiger partial charge is 0.356 e. The summed E-state index contributed by atoms with van der Waals surface area (Å²) in [5.41, 5.74) is 1.77. The highest BCUT2D eigenvalue weighted by Gasteiger charge is 2.43. The molecule has 25 heavy (non-hydrogen) atoms. The summed E-state index contributed by atoms with van der Waals surface area (Å²) >= 11 is 0. The molecule has 0 saturated heterocycles. The van der Waals surface area contributed by atoms with Crippen LogP contribution in [0.25, 0.3) is 0 Å². The number of nitrogens with zero attached hydrogens (tertiary/aromatic N) is 2. The Bertz CT molecular complexity index is 496. The van der Waals surface area contributed by atoms with Gasteiger partial charge in [-0.15, -0.1) is 24.0 Å². The van der Waals surface area contributed by atoms with Crippen LogP contribution in [0.3, 0.4) is 0 Å². The van der Waals surface area contributed by atoms with Crippen molar-refractivity contribution < 1.29 is 0 Å². The van der Waals surface area contributed by atoms with E-state index in [2.05, 4.69) is 64.7 Å². The zero-order valence-electron chi connectivity index (χ0n) is 16.1. The van der Waals surface area contributed by atoms with E-state index in [-0.39, 0.29) is 24.0 Å². The number of hydrogen-bond acceptors (Lipinski definition) is 2. The van der Waals surface area contributed by atoms with Crippen LogP contribution >= 0.6 is 24.0 Å². The number of halogens is 1. The predicted molar refractivity (Wildman–Crippen MR) is 119 cm³/mol. The molecule has 0 aromatic heterocycles. The first-order valence-corrected chi connectivity index (χ1v) is 9.46. The van der Waals surface area contributed by atoms with E-state index in [4.69, 9.17) is 0 Å². The fraction of sp³-hybridized carbons (Fsp3) is 0.650. The van der Waals surface area contributed by atoms with Crippen LogP contribution in [0.15, 0.2) is 35.3 Å². The fourth-order valence-corrected chi connectivity index (χ4v) is 3.19. The Kier molecular flexibility index (Phi) is 10.4. The summed E-state index contributed by atoms with van der Waals surface area (Å²) in [6.45, 7) is 9.90. The van der Waals surface area contributed by atoms with E-state index < -0.39 is 0 Å². The first-order chi connectivity index (χ1) is 11.7. The summed E-state index contributed by atoms with van der Waals surface area (Å²) in [5, 5.41) is 6.97. The average Bonchev–Trinajstić information content (AvgIpc) is 3.42. The standard InChI is InChI=1S/C20H34N4.HI/c1-4-24(5-2)16-10-9-15-22-19(21-3)23-17-20(13-14-20)18-11-7-6-8-12-18;/h6-8,11-12H,4-5,9-10,13-17H2,1-3H3,(H2,21,22,23);1H. The second-order valence-corrected chi connectivity index (χ2v) is 6.73. The van der Waals surface area contributed by atoms with E-state index in [0.717, 1.165) is 32.1 Å². The topological polar surface area (TPSA) is 39.7 Å². The minimum Gasteiger partial charge on any atom is -0.356 e. The molecular formula is C20H35IN4. The first-order valence-electron chi connectivity index (χ1n) is 9.46. The van der Waals surface area contributed by atoms with Gasteiger partial charge in [0.2, 0.25) is 0 Å². The van der Waals surface area contributed by atoms with Gasteiger partial charge in [0.1, 0.15) is 0 Å². The van der Waals surface area contributed by atoms with E-state index in [1.54, 1.807) is 0 Å². The second-order valence-electron chi connectivity index (χ2n) is 6.73. The molecule has 0 atom stereocenters. The van der Waals surface area contributed by atoms with Crippen LogP contribution in [0.2, 0.25) is 0 Å². The summed E-state index contributed by atoms with van der Waals surface area (Å²) in [6.07, 6.45) is 4.95. The van der Waals surface area contributed by atoms with Gasteiger partial charge in [-0.05, 0) is 50.9 Å². The van der Waals surface area contributed by atoms with Gasteiger partial charge in [-0.25, -0.2) is 0 Å². The maximum atomic E-state index is 4.36. The molecule has 4 nitrogen and oxygen atoms in total. The van der Waals surface area contributed by atoms with Gasteiger partial charge >= 0.3 is 0 Å². The van der Waals surface area contributed by atoms with Crippen molar-refractivity contribution in [1.29, 1.82) is 0 Å². The van der Waals surface area contributed by atoms with E-state index in [9.17, 15) is 0 Å². The third-order valence-corrected chi connectivity index (χ3v) is 5.15. The molecule has 1 aromatic carbocycles. The number of benzene rings is 1. The maximum absolute atomic E-state index is 4.36. The van der Waals surface area contributed by atoms with Crippen molar-refractivity contribution >= 4 is 29.9 Å². The Labute approximate surface area is 170 Å². The lowest BCUT2D eigenvalue weighted by Crippen LogP contribution is -2.41. The maximum Gasteiger partial charge on any atom is 0.191 e. The molecule has 1 aliphatic carbocycles. The number of aliphatic imine (C=N–C) groups is 1. The Morgan fingerprint density at radius 2 is 1.76 bits per heavy atom. The Morgan fingerprint density at radius 1 is 1.08 bits per heavy atom. The van der Waals surface area contributed by atoms with E-state index in [1.165, 1.54) is 37.8 Å². The smallest absolute Gasteiger partial charge is 0.191 e. The molecule has 0 radical (unpaired) electrons. The number of unbranched alkanes of at least 4 members (excludes halogenated alkanes) is 1. The van der Waals surface area contributed by atoms with E-state index in [0.29, 0.717) is 5.41 Å². The van der Waals surface area contributed by atoms with Gasteiger partial charge in [0, 0.05) is 25.6 Å². The predicted octanol–water partition coefficient (Wildman–Crippen LogP) is 3.62. The Morgan fingerprint density at radius 3 is 2.32 bits per heavy atom. The second kappa shape index (κ2) is 11.7. The molecule has 0 spiro atoms. The minimum absolute atomic E-state index is 0. The SMILES string of the molecule is CCN(CC)CCCCNC(=NC)NCC1(c2ccccc2)CC1.I. The zero-order chi connectivity index (χ0) is 17.3. The number of hydrogen-bond donors (Lipinski definition) is 2. The summed E-state index contributed by atoms with van der Waals surface area (Å²) in [7, 11) is 1.85. The van der Waals surface area contributed by atoms with Crippen LogP contribution in [0.1, 0.15) is 45.1 Å². The summed E-state index contributed by atoms with van der Waals surface area (Å²) in [6, 6.07) is 10.9. The van der Waals surface area contributed by atoms with Gasteiger partial charge in [-0.3, -0.25) is 4.99 Å². The molecule has 1 saturated carbocycles. The number of guanidine groups is 1. The van der Waals surface area contributed by atoms with Gasteiger partial charge < -0.3 is 15.5 Å². The van der Waals surface area contributed by atoms with Gasteiger partial charge in [0.15, 0.2) is 5.96 Å². The molecule has 1 aromatic rings. The Hall–Kier alpha value is -0.820. The van der Waals surface area contributed by atoms with Crippen LogP contribution in [0.5, 0.6) is 0 Å². The van der Waals surface area contributed by atoms with E-state index >= 15 is 0 Å². The molecule has 142 valence electrons. The highest BCUT2D eigenvalue weighted by molar-refractivity contribution is 14.0. The van der Waals surface area contributed by atoms with E-state index in [1.807, 2.05) is 7.05 Å². The molecule has 2 N–H and O–H groups in total. The third-order valence-electron chi connectivity index (χ3n) is 5.15. The Balaban J connectivity index is 0.00000312. The van der Waals surface area contributed by atoms with Gasteiger partial charge in [0.25, 0.3) is 0 Å². The van der Waals surface area contributed by atoms with Gasteiger partial charge in [-0.2, -0.15) is 0 Å². The molecule has 5 heteroatoms. The molecule has 0 heterocycles. The van der Waals surface area contributed by atoms with Crippen molar-refractivity contribution in [2.45, 2.75) is 44.9 Å². The van der Waals surface area contributed by atoms with Crippen LogP contribution in [-0.4, -0.2) is 50.6 Å². The lowest BCUT2D eigenvalue weighted by Gasteiger charge is -2.20. The van der Waals surface area contributed by atoms with Crippen molar-refractivity contribution in [1.82, 2.24) is 15.5 Å². The van der Waals surface area contributed by atoms with Crippen molar-refractivity contribution in [3.8, 4) is 0 Å². The van der Waals surface area contributed by atoms with Crippen molar-refractivity contribution in [3.05, 3.63) is 35.9 Å². The monoisotopic (exact) mass is 458 g/mol. The third kappa shape index (κ3) is 7.13. The van der Waals surface area contributed by atoms with Crippen LogP contribution in [0.4, 0.5) is 0 Å². The van der Waals surface area contributed by atoms with Crippen molar-refractivity contribution in [2.75, 3.05) is 39.8 Å². The van der Waals surface area contributed by atoms with Crippen LogP contribution in [-0.2, 0) is 5.41 Å². The zero-order valence-corrected chi connectivity index (χ0v) is 18.4. The summed E-state index contributed by atoms with van der Waals surface area (Å²) in [5.74, 6) is 0.931. The molecule has 2 rings (SSSR count). The quantitative estimate of drug-likeness (QED) is 0.244. The molecule has 0 unspecified atom stereocenters. The lowest BCUT2D eigenvalue weighted by atomic mass is 9.96. The van der Waals surface area contributed by atoms with Crippen molar-refractivity contribution in [2.24, 2.45) is 4.99 Å². The lowest BCUT2D eigenvalue weighted by molar-refractivity contribution is 0.297. The van der Waals surface area contributed by atoms with Crippen molar-refractivity contribution in [3.63, 3.8) is 0 Å². The highest BCUT2D eigenvalue weighted by atomic mass is 127.